The zero-order chi connectivity index (χ0) is 6.15. The van der Waals surface area contributed by atoms with Gasteiger partial charge in [-0.3, -0.25) is 4.90 Å². The van der Waals surface area contributed by atoms with E-state index in [4.69, 9.17) is 5.41 Å². The van der Waals surface area contributed by atoms with Gasteiger partial charge in [0.15, 0.2) is 0 Å². The molecule has 0 bridgehead atoms. The molecule has 0 saturated carbocycles. The standard InChI is InChI=1S/C6H10N2/c1-5-3-8(2)4-6(5)7/h7H,1,3-4H2,2H3. The van der Waals surface area contributed by atoms with Crippen molar-refractivity contribution in [1.29, 1.82) is 5.41 Å². The number of hydrogen-bond donors (Lipinski definition) is 1. The molecular formula is C6H10N2. The molecule has 1 aliphatic rings. The average molecular weight is 110 g/mol. The van der Waals surface area contributed by atoms with Crippen molar-refractivity contribution in [3.63, 3.8) is 0 Å². The highest BCUT2D eigenvalue weighted by molar-refractivity contribution is 6.01. The Morgan fingerprint density at radius 3 is 2.38 bits per heavy atom. The second-order valence-electron chi connectivity index (χ2n) is 2.25. The van der Waals surface area contributed by atoms with Crippen LogP contribution >= 0.6 is 0 Å². The second kappa shape index (κ2) is 1.71. The van der Waals surface area contributed by atoms with E-state index in [0.29, 0.717) is 5.71 Å². The lowest BCUT2D eigenvalue weighted by Gasteiger charge is -2.00. The van der Waals surface area contributed by atoms with Crippen LogP contribution in [0.25, 0.3) is 0 Å². The van der Waals surface area contributed by atoms with Crippen LogP contribution in [0.4, 0.5) is 0 Å². The molecule has 0 atom stereocenters. The monoisotopic (exact) mass is 110 g/mol. The molecule has 0 aromatic heterocycles. The minimum atomic E-state index is 0.688. The van der Waals surface area contributed by atoms with Gasteiger partial charge in [0.25, 0.3) is 0 Å². The summed E-state index contributed by atoms with van der Waals surface area (Å²) in [5, 5.41) is 7.24. The highest BCUT2D eigenvalue weighted by Gasteiger charge is 2.15. The van der Waals surface area contributed by atoms with E-state index in [0.717, 1.165) is 18.7 Å². The zero-order valence-corrected chi connectivity index (χ0v) is 5.07. The number of hydrogen-bond acceptors (Lipinski definition) is 2. The van der Waals surface area contributed by atoms with Gasteiger partial charge < -0.3 is 5.41 Å². The van der Waals surface area contributed by atoms with E-state index >= 15 is 0 Å². The second-order valence-corrected chi connectivity index (χ2v) is 2.25. The van der Waals surface area contributed by atoms with Crippen molar-refractivity contribution in [2.45, 2.75) is 0 Å². The molecule has 0 unspecified atom stereocenters. The lowest BCUT2D eigenvalue weighted by molar-refractivity contribution is 0.445. The Kier molecular flexibility index (Phi) is 1.18. The zero-order valence-electron chi connectivity index (χ0n) is 5.07. The summed E-state index contributed by atoms with van der Waals surface area (Å²) in [5.41, 5.74) is 1.65. The van der Waals surface area contributed by atoms with E-state index in [2.05, 4.69) is 11.5 Å². The smallest absolute Gasteiger partial charge is 0.0493 e. The van der Waals surface area contributed by atoms with Crippen molar-refractivity contribution in [2.24, 2.45) is 0 Å². The fourth-order valence-electron chi connectivity index (χ4n) is 0.859. The van der Waals surface area contributed by atoms with Crippen molar-refractivity contribution in [2.75, 3.05) is 20.1 Å². The van der Waals surface area contributed by atoms with E-state index < -0.39 is 0 Å². The highest BCUT2D eigenvalue weighted by atomic mass is 15.1. The summed E-state index contributed by atoms with van der Waals surface area (Å²) >= 11 is 0. The number of rotatable bonds is 0. The van der Waals surface area contributed by atoms with Gasteiger partial charge in [-0.05, 0) is 12.6 Å². The SMILES string of the molecule is C=C1CN(C)CC1=N. The van der Waals surface area contributed by atoms with E-state index in [9.17, 15) is 0 Å². The third-order valence-electron chi connectivity index (χ3n) is 1.32. The van der Waals surface area contributed by atoms with Crippen molar-refractivity contribution >= 4 is 5.71 Å². The van der Waals surface area contributed by atoms with E-state index in [1.807, 2.05) is 7.05 Å². The first-order chi connectivity index (χ1) is 3.70. The van der Waals surface area contributed by atoms with Crippen LogP contribution in [0, 0.1) is 5.41 Å². The Labute approximate surface area is 49.3 Å². The summed E-state index contributed by atoms with van der Waals surface area (Å²) in [6.07, 6.45) is 0. The first-order valence-corrected chi connectivity index (χ1v) is 2.64. The summed E-state index contributed by atoms with van der Waals surface area (Å²) in [4.78, 5) is 2.07. The maximum absolute atomic E-state index is 7.24. The molecule has 1 aliphatic heterocycles. The molecule has 1 rings (SSSR count). The number of nitrogens with zero attached hydrogens (tertiary/aromatic N) is 1. The third kappa shape index (κ3) is 0.793. The molecule has 0 aromatic carbocycles. The van der Waals surface area contributed by atoms with Gasteiger partial charge in [0.1, 0.15) is 0 Å². The Hall–Kier alpha value is -0.630. The molecule has 1 heterocycles. The lowest BCUT2D eigenvalue weighted by atomic mass is 10.2. The highest BCUT2D eigenvalue weighted by Crippen LogP contribution is 2.05. The van der Waals surface area contributed by atoms with Crippen LogP contribution in [0.15, 0.2) is 12.2 Å². The van der Waals surface area contributed by atoms with Gasteiger partial charge in [-0.2, -0.15) is 0 Å². The molecule has 8 heavy (non-hydrogen) atoms. The maximum atomic E-state index is 7.24. The first-order valence-electron chi connectivity index (χ1n) is 2.64. The van der Waals surface area contributed by atoms with Crippen LogP contribution in [0.3, 0.4) is 0 Å². The quantitative estimate of drug-likeness (QED) is 0.483. The van der Waals surface area contributed by atoms with Crippen LogP contribution in [-0.4, -0.2) is 30.7 Å². The van der Waals surface area contributed by atoms with Crippen molar-refractivity contribution in [3.05, 3.63) is 12.2 Å². The molecule has 0 aromatic rings. The predicted octanol–water partition coefficient (Wildman–Crippen LogP) is 0.508. The summed E-state index contributed by atoms with van der Waals surface area (Å²) in [5.74, 6) is 0. The molecular weight excluding hydrogens is 100 g/mol. The predicted molar refractivity (Wildman–Crippen MR) is 34.4 cm³/mol. The summed E-state index contributed by atoms with van der Waals surface area (Å²) in [7, 11) is 1.99. The summed E-state index contributed by atoms with van der Waals surface area (Å²) in [6, 6.07) is 0. The molecule has 2 heteroatoms. The number of likely N-dealkylation sites (tertiary alicyclic amines) is 1. The molecule has 1 saturated heterocycles. The molecule has 0 radical (unpaired) electrons. The minimum Gasteiger partial charge on any atom is -0.304 e. The van der Waals surface area contributed by atoms with Gasteiger partial charge >= 0.3 is 0 Å². The fourth-order valence-corrected chi connectivity index (χ4v) is 0.859. The first kappa shape index (κ1) is 5.51. The van der Waals surface area contributed by atoms with Gasteiger partial charge in [0.2, 0.25) is 0 Å². The van der Waals surface area contributed by atoms with Crippen molar-refractivity contribution in [3.8, 4) is 0 Å². The summed E-state index contributed by atoms with van der Waals surface area (Å²) < 4.78 is 0. The van der Waals surface area contributed by atoms with Crippen LogP contribution in [-0.2, 0) is 0 Å². The van der Waals surface area contributed by atoms with E-state index in [1.54, 1.807) is 0 Å². The molecule has 0 spiro atoms. The normalized spacial score (nSPS) is 22.6. The minimum absolute atomic E-state index is 0.688. The summed E-state index contributed by atoms with van der Waals surface area (Å²) in [6.45, 7) is 5.37. The van der Waals surface area contributed by atoms with Gasteiger partial charge in [0.05, 0.1) is 0 Å². The largest absolute Gasteiger partial charge is 0.304 e. The Bertz CT molecular complexity index is 121. The third-order valence-corrected chi connectivity index (χ3v) is 1.32. The van der Waals surface area contributed by atoms with Gasteiger partial charge in [-0.15, -0.1) is 0 Å². The number of likely N-dealkylation sites (N-methyl/N-ethyl adjacent to an activating group) is 1. The van der Waals surface area contributed by atoms with Crippen LogP contribution in [0.1, 0.15) is 0 Å². The molecule has 1 fully saturated rings. The molecule has 0 amide bonds. The molecule has 44 valence electrons. The maximum Gasteiger partial charge on any atom is 0.0493 e. The van der Waals surface area contributed by atoms with Crippen molar-refractivity contribution < 1.29 is 0 Å². The Morgan fingerprint density at radius 2 is 2.25 bits per heavy atom. The van der Waals surface area contributed by atoms with E-state index in [1.165, 1.54) is 0 Å². The Balaban J connectivity index is 2.64. The average Bonchev–Trinajstić information content (AvgIpc) is 1.85. The van der Waals surface area contributed by atoms with Gasteiger partial charge in [0, 0.05) is 18.8 Å². The van der Waals surface area contributed by atoms with Crippen LogP contribution < -0.4 is 0 Å². The fraction of sp³-hybridized carbons (Fsp3) is 0.500. The van der Waals surface area contributed by atoms with Gasteiger partial charge in [-0.25, -0.2) is 0 Å². The van der Waals surface area contributed by atoms with Crippen LogP contribution in [0.5, 0.6) is 0 Å². The molecule has 1 N–H and O–H groups in total. The molecule has 2 nitrogen and oxygen atoms in total. The van der Waals surface area contributed by atoms with E-state index in [-0.39, 0.29) is 0 Å². The van der Waals surface area contributed by atoms with Crippen molar-refractivity contribution in [1.82, 2.24) is 4.90 Å². The van der Waals surface area contributed by atoms with Crippen LogP contribution in [0.2, 0.25) is 0 Å². The lowest BCUT2D eigenvalue weighted by Crippen LogP contribution is -2.13. The number of nitrogens with one attached hydrogen (secondary N) is 1. The molecule has 0 aliphatic carbocycles. The van der Waals surface area contributed by atoms with Gasteiger partial charge in [-0.1, -0.05) is 6.58 Å². The topological polar surface area (TPSA) is 27.1 Å². The Morgan fingerprint density at radius 1 is 1.62 bits per heavy atom.